The Kier molecular flexibility index (Phi) is 5.59. The molecule has 0 aromatic heterocycles. The van der Waals surface area contributed by atoms with Gasteiger partial charge in [0.2, 0.25) is 5.75 Å². The Morgan fingerprint density at radius 2 is 1.96 bits per heavy atom. The van der Waals surface area contributed by atoms with Crippen LogP contribution >= 0.6 is 12.2 Å². The predicted octanol–water partition coefficient (Wildman–Crippen LogP) is 3.04. The molecule has 2 aromatic carbocycles. The molecule has 0 aliphatic heterocycles. The maximum absolute atomic E-state index is 9.62. The number of methoxy groups -OCH3 is 1. The van der Waals surface area contributed by atoms with Crippen molar-refractivity contribution in [3.8, 4) is 17.2 Å². The van der Waals surface area contributed by atoms with E-state index in [4.69, 9.17) is 17.0 Å². The monoisotopic (exact) mass is 345 g/mol. The van der Waals surface area contributed by atoms with Gasteiger partial charge in [0.05, 0.1) is 13.3 Å². The second-order valence-electron chi connectivity index (χ2n) is 5.23. The molecule has 0 aliphatic carbocycles. The molecule has 0 radical (unpaired) electrons. The molecule has 0 saturated heterocycles. The van der Waals surface area contributed by atoms with Crippen molar-refractivity contribution in [2.75, 3.05) is 12.4 Å². The third-order valence-electron chi connectivity index (χ3n) is 3.31. The number of aromatic hydroxyl groups is 2. The van der Waals surface area contributed by atoms with E-state index in [-0.39, 0.29) is 17.2 Å². The topological polar surface area (TPSA) is 86.1 Å². The van der Waals surface area contributed by atoms with Crippen molar-refractivity contribution in [3.05, 3.63) is 47.0 Å². The smallest absolute Gasteiger partial charge is 0.200 e. The molecule has 0 amide bonds. The van der Waals surface area contributed by atoms with Crippen molar-refractivity contribution < 1.29 is 14.9 Å². The summed E-state index contributed by atoms with van der Waals surface area (Å²) in [6, 6.07) is 8.90. The highest BCUT2D eigenvalue weighted by molar-refractivity contribution is 7.80. The lowest BCUT2D eigenvalue weighted by Gasteiger charge is -2.10. The lowest BCUT2D eigenvalue weighted by atomic mass is 10.1. The second kappa shape index (κ2) is 7.65. The van der Waals surface area contributed by atoms with Gasteiger partial charge in [-0.2, -0.15) is 5.10 Å². The van der Waals surface area contributed by atoms with Crippen molar-refractivity contribution >= 4 is 29.2 Å². The molecule has 0 aliphatic rings. The first-order valence-electron chi connectivity index (χ1n) is 7.18. The van der Waals surface area contributed by atoms with Crippen molar-refractivity contribution in [2.45, 2.75) is 13.8 Å². The fourth-order valence-electron chi connectivity index (χ4n) is 2.11. The molecule has 0 unspecified atom stereocenters. The first-order valence-corrected chi connectivity index (χ1v) is 7.59. The fourth-order valence-corrected chi connectivity index (χ4v) is 2.28. The van der Waals surface area contributed by atoms with Gasteiger partial charge in [-0.1, -0.05) is 17.7 Å². The highest BCUT2D eigenvalue weighted by atomic mass is 32.1. The van der Waals surface area contributed by atoms with Gasteiger partial charge in [0.15, 0.2) is 16.6 Å². The average Bonchev–Trinajstić information content (AvgIpc) is 2.53. The van der Waals surface area contributed by atoms with Gasteiger partial charge in [-0.3, -0.25) is 5.43 Å². The molecule has 0 fully saturated rings. The molecular formula is C17H19N3O3S. The quantitative estimate of drug-likeness (QED) is 0.295. The molecule has 2 aromatic rings. The van der Waals surface area contributed by atoms with Crippen molar-refractivity contribution in [2.24, 2.45) is 5.10 Å². The van der Waals surface area contributed by atoms with E-state index in [0.29, 0.717) is 10.7 Å². The number of hydrogen-bond acceptors (Lipinski definition) is 5. The molecule has 2 rings (SSSR count). The maximum atomic E-state index is 9.62. The summed E-state index contributed by atoms with van der Waals surface area (Å²) in [5.74, 6) is -0.436. The molecule has 0 spiro atoms. The first-order chi connectivity index (χ1) is 11.4. The number of phenolic OH excluding ortho intramolecular Hbond substituents is 2. The van der Waals surface area contributed by atoms with E-state index in [1.54, 1.807) is 6.07 Å². The number of aryl methyl sites for hydroxylation is 2. The standard InChI is InChI=1S/C17H19N3O3S/c1-10-4-5-13(11(2)6-10)19-17(24)20-18-9-12-7-14(21)16(22)15(8-12)23-3/h4-9,21-22H,1-3H3,(H2,19,20,24)/b18-9+. The van der Waals surface area contributed by atoms with E-state index < -0.39 is 0 Å². The average molecular weight is 345 g/mol. The van der Waals surface area contributed by atoms with E-state index in [9.17, 15) is 10.2 Å². The number of anilines is 1. The van der Waals surface area contributed by atoms with E-state index in [2.05, 4.69) is 21.9 Å². The number of hydrogen-bond donors (Lipinski definition) is 4. The predicted molar refractivity (Wildman–Crippen MR) is 99.2 cm³/mol. The number of ether oxygens (including phenoxy) is 1. The Labute approximate surface area is 145 Å². The van der Waals surface area contributed by atoms with Crippen molar-refractivity contribution in [1.82, 2.24) is 5.43 Å². The molecule has 0 atom stereocenters. The van der Waals surface area contributed by atoms with Crippen LogP contribution in [0, 0.1) is 13.8 Å². The fraction of sp³-hybridized carbons (Fsp3) is 0.176. The van der Waals surface area contributed by atoms with Gasteiger partial charge in [-0.15, -0.1) is 0 Å². The zero-order valence-corrected chi connectivity index (χ0v) is 14.4. The third kappa shape index (κ3) is 4.36. The highest BCUT2D eigenvalue weighted by Crippen LogP contribution is 2.35. The van der Waals surface area contributed by atoms with Crippen LogP contribution in [0.4, 0.5) is 5.69 Å². The molecule has 0 saturated carbocycles. The number of phenols is 2. The lowest BCUT2D eigenvalue weighted by molar-refractivity contribution is 0.351. The number of thiocarbonyl (C=S) groups is 1. The molecular weight excluding hydrogens is 326 g/mol. The van der Waals surface area contributed by atoms with E-state index >= 15 is 0 Å². The summed E-state index contributed by atoms with van der Waals surface area (Å²) in [6.07, 6.45) is 1.46. The van der Waals surface area contributed by atoms with Crippen LogP contribution in [0.5, 0.6) is 17.2 Å². The van der Waals surface area contributed by atoms with Crippen molar-refractivity contribution in [3.63, 3.8) is 0 Å². The van der Waals surface area contributed by atoms with Gasteiger partial charge >= 0.3 is 0 Å². The van der Waals surface area contributed by atoms with Crippen LogP contribution in [-0.2, 0) is 0 Å². The van der Waals surface area contributed by atoms with Gasteiger partial charge in [-0.25, -0.2) is 0 Å². The number of nitrogens with zero attached hydrogens (tertiary/aromatic N) is 1. The van der Waals surface area contributed by atoms with Crippen LogP contribution in [-0.4, -0.2) is 28.6 Å². The Bertz CT molecular complexity index is 791. The Morgan fingerprint density at radius 3 is 2.62 bits per heavy atom. The number of nitrogens with one attached hydrogen (secondary N) is 2. The summed E-state index contributed by atoms with van der Waals surface area (Å²) in [6.45, 7) is 4.02. The second-order valence-corrected chi connectivity index (χ2v) is 5.64. The minimum atomic E-state index is -0.311. The zero-order valence-electron chi connectivity index (χ0n) is 13.6. The molecule has 24 heavy (non-hydrogen) atoms. The summed E-state index contributed by atoms with van der Waals surface area (Å²) in [5.41, 5.74) is 6.40. The first kappa shape index (κ1) is 17.6. The number of benzene rings is 2. The molecule has 6 nitrogen and oxygen atoms in total. The molecule has 7 heteroatoms. The van der Waals surface area contributed by atoms with Gasteiger partial charge < -0.3 is 20.3 Å². The van der Waals surface area contributed by atoms with E-state index in [1.807, 2.05) is 26.0 Å². The van der Waals surface area contributed by atoms with Gasteiger partial charge in [-0.05, 0) is 49.8 Å². The molecule has 4 N–H and O–H groups in total. The van der Waals surface area contributed by atoms with Gasteiger partial charge in [0.25, 0.3) is 0 Å². The largest absolute Gasteiger partial charge is 0.504 e. The maximum Gasteiger partial charge on any atom is 0.200 e. The normalized spacial score (nSPS) is 10.6. The summed E-state index contributed by atoms with van der Waals surface area (Å²) >= 11 is 5.19. The summed E-state index contributed by atoms with van der Waals surface area (Å²) in [7, 11) is 1.40. The molecule has 126 valence electrons. The SMILES string of the molecule is COc1cc(/C=N/NC(=S)Nc2ccc(C)cc2C)cc(O)c1O. The van der Waals surface area contributed by atoms with Crippen LogP contribution in [0.15, 0.2) is 35.4 Å². The van der Waals surface area contributed by atoms with Crippen LogP contribution in [0.25, 0.3) is 0 Å². The number of hydrazone groups is 1. The Morgan fingerprint density at radius 1 is 1.21 bits per heavy atom. The minimum Gasteiger partial charge on any atom is -0.504 e. The van der Waals surface area contributed by atoms with Crippen LogP contribution < -0.4 is 15.5 Å². The molecule has 0 bridgehead atoms. The third-order valence-corrected chi connectivity index (χ3v) is 3.50. The number of rotatable bonds is 4. The lowest BCUT2D eigenvalue weighted by Crippen LogP contribution is -2.24. The van der Waals surface area contributed by atoms with E-state index in [0.717, 1.165) is 11.3 Å². The molecule has 0 heterocycles. The van der Waals surface area contributed by atoms with Crippen LogP contribution in [0.1, 0.15) is 16.7 Å². The highest BCUT2D eigenvalue weighted by Gasteiger charge is 2.08. The Balaban J connectivity index is 2.01. The van der Waals surface area contributed by atoms with Crippen LogP contribution in [0.3, 0.4) is 0 Å². The van der Waals surface area contributed by atoms with Gasteiger partial charge in [0, 0.05) is 11.3 Å². The zero-order chi connectivity index (χ0) is 17.7. The summed E-state index contributed by atoms with van der Waals surface area (Å²) in [5, 5.41) is 26.6. The minimum absolute atomic E-state index is 0.160. The van der Waals surface area contributed by atoms with Gasteiger partial charge in [0.1, 0.15) is 0 Å². The van der Waals surface area contributed by atoms with Crippen molar-refractivity contribution in [1.29, 1.82) is 0 Å². The van der Waals surface area contributed by atoms with Crippen LogP contribution in [0.2, 0.25) is 0 Å². The summed E-state index contributed by atoms with van der Waals surface area (Å²) < 4.78 is 4.97. The Hall–Kier alpha value is -2.80. The van der Waals surface area contributed by atoms with E-state index in [1.165, 1.54) is 25.0 Å². The summed E-state index contributed by atoms with van der Waals surface area (Å²) in [4.78, 5) is 0.